The number of benzene rings is 2. The molecule has 0 atom stereocenters. The summed E-state index contributed by atoms with van der Waals surface area (Å²) in [6, 6.07) is 4.64. The van der Waals surface area contributed by atoms with Crippen molar-refractivity contribution in [3.8, 4) is 5.75 Å². The summed E-state index contributed by atoms with van der Waals surface area (Å²) in [6.45, 7) is 1.52. The maximum atomic E-state index is 13.6. The maximum absolute atomic E-state index is 13.6. The molecule has 112 valence electrons. The van der Waals surface area contributed by atoms with Crippen LogP contribution in [0.15, 0.2) is 35.2 Å². The van der Waals surface area contributed by atoms with Gasteiger partial charge >= 0.3 is 0 Å². The molecular formula is C13H10ClF2NO3S. The number of hydrogen-bond donors (Lipinski definition) is 2. The molecule has 21 heavy (non-hydrogen) atoms. The van der Waals surface area contributed by atoms with Crippen LogP contribution >= 0.6 is 11.6 Å². The molecule has 0 bridgehead atoms. The molecule has 0 amide bonds. The number of sulfonamides is 1. The van der Waals surface area contributed by atoms with Crippen molar-refractivity contribution >= 4 is 27.3 Å². The van der Waals surface area contributed by atoms with Crippen LogP contribution in [0.5, 0.6) is 5.75 Å². The monoisotopic (exact) mass is 333 g/mol. The molecule has 2 aromatic carbocycles. The Morgan fingerprint density at radius 2 is 1.86 bits per heavy atom. The van der Waals surface area contributed by atoms with Gasteiger partial charge in [0, 0.05) is 5.02 Å². The molecular weight excluding hydrogens is 324 g/mol. The van der Waals surface area contributed by atoms with Crippen molar-refractivity contribution in [2.45, 2.75) is 11.8 Å². The Balaban J connectivity index is 2.50. The van der Waals surface area contributed by atoms with E-state index >= 15 is 0 Å². The van der Waals surface area contributed by atoms with Crippen LogP contribution in [-0.4, -0.2) is 13.5 Å². The molecule has 4 nitrogen and oxygen atoms in total. The smallest absolute Gasteiger partial charge is 0.265 e. The second-order valence-corrected chi connectivity index (χ2v) is 6.39. The number of hydrogen-bond acceptors (Lipinski definition) is 3. The molecule has 0 saturated carbocycles. The summed E-state index contributed by atoms with van der Waals surface area (Å²) >= 11 is 5.77. The van der Waals surface area contributed by atoms with Crippen LogP contribution in [0.25, 0.3) is 0 Å². The van der Waals surface area contributed by atoms with Gasteiger partial charge in [-0.05, 0) is 42.8 Å². The highest BCUT2D eigenvalue weighted by atomic mass is 35.5. The standard InChI is InChI=1S/C13H10ClF2NO3S/c1-7-4-8(14)5-11(13(7)18)17-21(19,20)12-6-9(15)2-3-10(12)16/h2-6,17-18H,1H3. The average molecular weight is 334 g/mol. The SMILES string of the molecule is Cc1cc(Cl)cc(NS(=O)(=O)c2cc(F)ccc2F)c1O. The average Bonchev–Trinajstić information content (AvgIpc) is 2.37. The van der Waals surface area contributed by atoms with Gasteiger partial charge in [-0.25, -0.2) is 17.2 Å². The second kappa shape index (κ2) is 5.50. The molecule has 0 saturated heterocycles. The minimum Gasteiger partial charge on any atom is -0.505 e. The third-order valence-corrected chi connectivity index (χ3v) is 4.29. The number of nitrogens with one attached hydrogen (secondary N) is 1. The van der Waals surface area contributed by atoms with E-state index in [1.165, 1.54) is 19.1 Å². The fourth-order valence-corrected chi connectivity index (χ4v) is 3.12. The second-order valence-electron chi connectivity index (χ2n) is 4.30. The van der Waals surface area contributed by atoms with Gasteiger partial charge < -0.3 is 5.11 Å². The molecule has 0 aliphatic rings. The summed E-state index contributed by atoms with van der Waals surface area (Å²) in [4.78, 5) is -0.862. The zero-order valence-electron chi connectivity index (χ0n) is 10.7. The molecule has 0 spiro atoms. The number of aryl methyl sites for hydroxylation is 1. The predicted octanol–water partition coefficient (Wildman–Crippen LogP) is 3.43. The zero-order valence-corrected chi connectivity index (χ0v) is 12.3. The van der Waals surface area contributed by atoms with Gasteiger partial charge in [0.05, 0.1) is 5.69 Å². The van der Waals surface area contributed by atoms with E-state index in [0.29, 0.717) is 17.7 Å². The van der Waals surface area contributed by atoms with Crippen molar-refractivity contribution in [1.29, 1.82) is 0 Å². The summed E-state index contributed by atoms with van der Waals surface area (Å²) < 4.78 is 52.8. The summed E-state index contributed by atoms with van der Waals surface area (Å²) in [5.41, 5.74) is 0.114. The number of aromatic hydroxyl groups is 1. The van der Waals surface area contributed by atoms with Crippen LogP contribution in [0.1, 0.15) is 5.56 Å². The van der Waals surface area contributed by atoms with Crippen molar-refractivity contribution in [1.82, 2.24) is 0 Å². The number of phenols is 1. The van der Waals surface area contributed by atoms with Crippen LogP contribution in [0.3, 0.4) is 0 Å². The number of anilines is 1. The van der Waals surface area contributed by atoms with Gasteiger partial charge in [-0.1, -0.05) is 11.6 Å². The lowest BCUT2D eigenvalue weighted by molar-refractivity contribution is 0.473. The Labute approximate surface area is 125 Å². The highest BCUT2D eigenvalue weighted by Gasteiger charge is 2.22. The minimum atomic E-state index is -4.41. The van der Waals surface area contributed by atoms with Crippen LogP contribution in [0.4, 0.5) is 14.5 Å². The molecule has 0 radical (unpaired) electrons. The van der Waals surface area contributed by atoms with E-state index in [0.717, 1.165) is 6.07 Å². The Morgan fingerprint density at radius 1 is 1.19 bits per heavy atom. The zero-order chi connectivity index (χ0) is 15.8. The number of halogens is 3. The van der Waals surface area contributed by atoms with E-state index in [2.05, 4.69) is 0 Å². The Hall–Kier alpha value is -1.86. The number of phenolic OH excluding ortho intramolecular Hbond substituents is 1. The first-order chi connectivity index (χ1) is 9.70. The first-order valence-electron chi connectivity index (χ1n) is 5.67. The lowest BCUT2D eigenvalue weighted by atomic mass is 10.2. The van der Waals surface area contributed by atoms with Gasteiger partial charge in [-0.3, -0.25) is 4.72 Å². The van der Waals surface area contributed by atoms with Gasteiger partial charge in [0.2, 0.25) is 0 Å². The van der Waals surface area contributed by atoms with Gasteiger partial charge in [0.1, 0.15) is 22.3 Å². The van der Waals surface area contributed by atoms with Crippen LogP contribution in [0, 0.1) is 18.6 Å². The van der Waals surface area contributed by atoms with Crippen molar-refractivity contribution in [3.63, 3.8) is 0 Å². The summed E-state index contributed by atoms with van der Waals surface area (Å²) in [6.07, 6.45) is 0. The van der Waals surface area contributed by atoms with Gasteiger partial charge in [0.25, 0.3) is 10.0 Å². The fourth-order valence-electron chi connectivity index (χ4n) is 1.70. The number of rotatable bonds is 3. The van der Waals surface area contributed by atoms with Gasteiger partial charge in [0.15, 0.2) is 0 Å². The first-order valence-corrected chi connectivity index (χ1v) is 7.54. The molecule has 0 heterocycles. The highest BCUT2D eigenvalue weighted by Crippen LogP contribution is 2.32. The molecule has 0 fully saturated rings. The molecule has 0 unspecified atom stereocenters. The van der Waals surface area contributed by atoms with Crippen LogP contribution in [0.2, 0.25) is 5.02 Å². The Kier molecular flexibility index (Phi) is 4.06. The molecule has 0 aliphatic heterocycles. The summed E-state index contributed by atoms with van der Waals surface area (Å²) in [5.74, 6) is -2.36. The van der Waals surface area contributed by atoms with Gasteiger partial charge in [-0.15, -0.1) is 0 Å². The van der Waals surface area contributed by atoms with E-state index < -0.39 is 26.6 Å². The van der Waals surface area contributed by atoms with Crippen LogP contribution in [-0.2, 0) is 10.0 Å². The molecule has 2 rings (SSSR count). The largest absolute Gasteiger partial charge is 0.505 e. The van der Waals surface area contributed by atoms with Gasteiger partial charge in [-0.2, -0.15) is 0 Å². The van der Waals surface area contributed by atoms with Crippen LogP contribution < -0.4 is 4.72 Å². The highest BCUT2D eigenvalue weighted by molar-refractivity contribution is 7.92. The summed E-state index contributed by atoms with van der Waals surface area (Å²) in [5, 5.41) is 9.99. The van der Waals surface area contributed by atoms with Crippen molar-refractivity contribution in [2.24, 2.45) is 0 Å². The molecule has 0 aromatic heterocycles. The quantitative estimate of drug-likeness (QED) is 0.846. The minimum absolute atomic E-state index is 0.183. The van der Waals surface area contributed by atoms with E-state index in [4.69, 9.17) is 11.6 Å². The predicted molar refractivity (Wildman–Crippen MR) is 75.0 cm³/mol. The summed E-state index contributed by atoms with van der Waals surface area (Å²) in [7, 11) is -4.41. The topological polar surface area (TPSA) is 66.4 Å². The maximum Gasteiger partial charge on any atom is 0.265 e. The Bertz CT molecular complexity index is 809. The third kappa shape index (κ3) is 3.25. The molecule has 2 aromatic rings. The van der Waals surface area contributed by atoms with Crippen molar-refractivity contribution in [2.75, 3.05) is 4.72 Å². The normalized spacial score (nSPS) is 11.4. The van der Waals surface area contributed by atoms with E-state index in [1.807, 2.05) is 4.72 Å². The molecule has 2 N–H and O–H groups in total. The fraction of sp³-hybridized carbons (Fsp3) is 0.0769. The Morgan fingerprint density at radius 3 is 2.52 bits per heavy atom. The van der Waals surface area contributed by atoms with E-state index in [1.54, 1.807) is 0 Å². The van der Waals surface area contributed by atoms with E-state index in [9.17, 15) is 22.3 Å². The van der Waals surface area contributed by atoms with Crippen molar-refractivity contribution < 1.29 is 22.3 Å². The first kappa shape index (κ1) is 15.5. The lowest BCUT2D eigenvalue weighted by Crippen LogP contribution is -2.15. The molecule has 8 heteroatoms. The molecule has 0 aliphatic carbocycles. The lowest BCUT2D eigenvalue weighted by Gasteiger charge is -2.12. The van der Waals surface area contributed by atoms with Crippen molar-refractivity contribution in [3.05, 3.63) is 52.6 Å². The third-order valence-electron chi connectivity index (χ3n) is 2.69. The van der Waals surface area contributed by atoms with E-state index in [-0.39, 0.29) is 16.5 Å².